The van der Waals surface area contributed by atoms with Gasteiger partial charge < -0.3 is 14.9 Å². The Hall–Kier alpha value is -0.900. The maximum Gasteiger partial charge on any atom is 0.155 e. The molecule has 3 nitrogen and oxygen atoms in total. The molecule has 0 fully saturated rings. The first kappa shape index (κ1) is 13.2. The highest BCUT2D eigenvalue weighted by atomic mass is 16.6. The number of hydrogen-bond acceptors (Lipinski definition) is 3. The van der Waals surface area contributed by atoms with Crippen LogP contribution in [0.15, 0.2) is 18.2 Å². The lowest BCUT2D eigenvalue weighted by molar-refractivity contribution is -0.114. The lowest BCUT2D eigenvalue weighted by Gasteiger charge is -2.14. The zero-order valence-corrected chi connectivity index (χ0v) is 9.94. The molecule has 0 bridgehead atoms. The molecule has 0 radical (unpaired) electrons. The highest BCUT2D eigenvalue weighted by Gasteiger charge is 2.07. The molecule has 0 amide bonds. The van der Waals surface area contributed by atoms with E-state index in [9.17, 15) is 5.11 Å². The molecular formula is C13H20O3. The summed E-state index contributed by atoms with van der Waals surface area (Å²) in [6, 6.07) is 6.08. The molecule has 1 aromatic carbocycles. The maximum absolute atomic E-state index is 9.49. The van der Waals surface area contributed by atoms with Crippen molar-refractivity contribution in [3.8, 4) is 0 Å². The largest absolute Gasteiger partial charge is 0.396 e. The summed E-state index contributed by atoms with van der Waals surface area (Å²) in [5.41, 5.74) is 3.48. The zero-order chi connectivity index (χ0) is 12.0. The minimum atomic E-state index is -0.786. The van der Waals surface area contributed by atoms with E-state index in [1.54, 1.807) is 0 Å². The van der Waals surface area contributed by atoms with Gasteiger partial charge >= 0.3 is 0 Å². The molecule has 0 saturated heterocycles. The number of hydrogen-bond donors (Lipinski definition) is 2. The molecule has 2 N–H and O–H groups in total. The molecule has 16 heavy (non-hydrogen) atoms. The molecule has 1 atom stereocenters. The second-order valence-electron chi connectivity index (χ2n) is 4.00. The Kier molecular flexibility index (Phi) is 5.46. The average molecular weight is 224 g/mol. The first-order chi connectivity index (χ1) is 7.65. The number of ether oxygens (including phenoxy) is 1. The van der Waals surface area contributed by atoms with E-state index in [-0.39, 0.29) is 6.61 Å². The SMILES string of the molecule is Cc1cccc(C)c1COC(O)CCCO. The molecule has 0 aromatic heterocycles. The molecular weight excluding hydrogens is 204 g/mol. The van der Waals surface area contributed by atoms with E-state index in [0.29, 0.717) is 19.4 Å². The fourth-order valence-electron chi connectivity index (χ4n) is 1.61. The molecule has 0 spiro atoms. The molecule has 0 aliphatic carbocycles. The Balaban J connectivity index is 2.48. The monoisotopic (exact) mass is 224 g/mol. The molecule has 3 heteroatoms. The molecule has 1 aromatic rings. The van der Waals surface area contributed by atoms with Crippen LogP contribution in [0.1, 0.15) is 29.5 Å². The van der Waals surface area contributed by atoms with Gasteiger partial charge in [-0.1, -0.05) is 18.2 Å². The number of aliphatic hydroxyl groups excluding tert-OH is 2. The maximum atomic E-state index is 9.49. The van der Waals surface area contributed by atoms with Crippen molar-refractivity contribution in [2.24, 2.45) is 0 Å². The molecule has 0 aliphatic heterocycles. The third-order valence-corrected chi connectivity index (χ3v) is 2.67. The van der Waals surface area contributed by atoms with E-state index in [1.807, 2.05) is 32.0 Å². The summed E-state index contributed by atoms with van der Waals surface area (Å²) in [6.45, 7) is 4.58. The predicted molar refractivity (Wildman–Crippen MR) is 63.0 cm³/mol. The lowest BCUT2D eigenvalue weighted by atomic mass is 10.0. The summed E-state index contributed by atoms with van der Waals surface area (Å²) in [7, 11) is 0. The van der Waals surface area contributed by atoms with E-state index < -0.39 is 6.29 Å². The Morgan fingerprint density at radius 3 is 2.44 bits per heavy atom. The van der Waals surface area contributed by atoms with Crippen molar-refractivity contribution in [2.75, 3.05) is 6.61 Å². The van der Waals surface area contributed by atoms with Gasteiger partial charge in [0.05, 0.1) is 6.61 Å². The summed E-state index contributed by atoms with van der Waals surface area (Å²) < 4.78 is 5.34. The zero-order valence-electron chi connectivity index (χ0n) is 9.94. The van der Waals surface area contributed by atoms with E-state index in [1.165, 1.54) is 11.1 Å². The van der Waals surface area contributed by atoms with Crippen LogP contribution >= 0.6 is 0 Å². The van der Waals surface area contributed by atoms with Crippen LogP contribution in [0.5, 0.6) is 0 Å². The van der Waals surface area contributed by atoms with Gasteiger partial charge in [0, 0.05) is 13.0 Å². The summed E-state index contributed by atoms with van der Waals surface area (Å²) in [4.78, 5) is 0. The van der Waals surface area contributed by atoms with Gasteiger partial charge in [-0.05, 0) is 37.0 Å². The van der Waals surface area contributed by atoms with Gasteiger partial charge in [-0.2, -0.15) is 0 Å². The molecule has 0 saturated carbocycles. The fourth-order valence-corrected chi connectivity index (χ4v) is 1.61. The van der Waals surface area contributed by atoms with Crippen LogP contribution in [0.3, 0.4) is 0 Å². The standard InChI is InChI=1S/C13H20O3/c1-10-5-3-6-11(2)12(10)9-16-13(15)7-4-8-14/h3,5-6,13-15H,4,7-9H2,1-2H3. The van der Waals surface area contributed by atoms with Gasteiger partial charge in [0.1, 0.15) is 0 Å². The van der Waals surface area contributed by atoms with Crippen LogP contribution in [0.2, 0.25) is 0 Å². The first-order valence-electron chi connectivity index (χ1n) is 5.60. The number of rotatable bonds is 6. The number of aliphatic hydroxyl groups is 2. The van der Waals surface area contributed by atoms with E-state index in [0.717, 1.165) is 5.56 Å². The van der Waals surface area contributed by atoms with Gasteiger partial charge in [-0.25, -0.2) is 0 Å². The van der Waals surface area contributed by atoms with Gasteiger partial charge in [0.2, 0.25) is 0 Å². The molecule has 1 rings (SSSR count). The Bertz CT molecular complexity index is 303. The van der Waals surface area contributed by atoms with Gasteiger partial charge in [-0.3, -0.25) is 0 Å². The van der Waals surface area contributed by atoms with E-state index >= 15 is 0 Å². The first-order valence-corrected chi connectivity index (χ1v) is 5.60. The summed E-state index contributed by atoms with van der Waals surface area (Å²) in [5.74, 6) is 0. The van der Waals surface area contributed by atoms with Crippen molar-refractivity contribution in [1.82, 2.24) is 0 Å². The van der Waals surface area contributed by atoms with Crippen LogP contribution in [-0.2, 0) is 11.3 Å². The number of benzene rings is 1. The smallest absolute Gasteiger partial charge is 0.155 e. The van der Waals surface area contributed by atoms with Crippen LogP contribution in [0.4, 0.5) is 0 Å². The number of aryl methyl sites for hydroxylation is 2. The molecule has 1 unspecified atom stereocenters. The van der Waals surface area contributed by atoms with Crippen molar-refractivity contribution in [1.29, 1.82) is 0 Å². The van der Waals surface area contributed by atoms with Crippen LogP contribution in [0.25, 0.3) is 0 Å². The summed E-state index contributed by atoms with van der Waals surface area (Å²) >= 11 is 0. The lowest BCUT2D eigenvalue weighted by Crippen LogP contribution is -2.13. The highest BCUT2D eigenvalue weighted by Crippen LogP contribution is 2.15. The summed E-state index contributed by atoms with van der Waals surface area (Å²) in [5, 5.41) is 18.1. The van der Waals surface area contributed by atoms with Crippen molar-refractivity contribution >= 4 is 0 Å². The normalized spacial score (nSPS) is 12.8. The molecule has 0 heterocycles. The van der Waals surface area contributed by atoms with Gasteiger partial charge in [0.15, 0.2) is 6.29 Å². The van der Waals surface area contributed by atoms with Crippen molar-refractivity contribution < 1.29 is 14.9 Å². The Labute approximate surface area is 96.7 Å². The Morgan fingerprint density at radius 2 is 1.88 bits per heavy atom. The van der Waals surface area contributed by atoms with Crippen molar-refractivity contribution in [3.05, 3.63) is 34.9 Å². The summed E-state index contributed by atoms with van der Waals surface area (Å²) in [6.07, 6.45) is 0.251. The molecule has 0 aliphatic rings. The highest BCUT2D eigenvalue weighted by molar-refractivity contribution is 5.32. The Morgan fingerprint density at radius 1 is 1.25 bits per heavy atom. The second-order valence-corrected chi connectivity index (χ2v) is 4.00. The minimum absolute atomic E-state index is 0.0871. The van der Waals surface area contributed by atoms with E-state index in [2.05, 4.69) is 0 Å². The molecule has 90 valence electrons. The van der Waals surface area contributed by atoms with Crippen LogP contribution in [0, 0.1) is 13.8 Å². The van der Waals surface area contributed by atoms with Gasteiger partial charge in [0.25, 0.3) is 0 Å². The topological polar surface area (TPSA) is 49.7 Å². The van der Waals surface area contributed by atoms with Gasteiger partial charge in [-0.15, -0.1) is 0 Å². The quantitative estimate of drug-likeness (QED) is 0.726. The van der Waals surface area contributed by atoms with Crippen LogP contribution < -0.4 is 0 Å². The van der Waals surface area contributed by atoms with E-state index in [4.69, 9.17) is 9.84 Å². The third kappa shape index (κ3) is 3.93. The van der Waals surface area contributed by atoms with Crippen LogP contribution in [-0.4, -0.2) is 23.1 Å². The third-order valence-electron chi connectivity index (χ3n) is 2.67. The average Bonchev–Trinajstić information content (AvgIpc) is 2.25. The van der Waals surface area contributed by atoms with Crippen molar-refractivity contribution in [3.63, 3.8) is 0 Å². The predicted octanol–water partition coefficient (Wildman–Crippen LogP) is 1.91. The minimum Gasteiger partial charge on any atom is -0.396 e. The fraction of sp³-hybridized carbons (Fsp3) is 0.538. The second kappa shape index (κ2) is 6.63. The van der Waals surface area contributed by atoms with Crippen molar-refractivity contribution in [2.45, 2.75) is 39.6 Å².